The van der Waals surface area contributed by atoms with E-state index >= 15 is 0 Å². The minimum atomic E-state index is -0.477. The second-order valence-corrected chi connectivity index (χ2v) is 6.31. The molecule has 1 aromatic carbocycles. The van der Waals surface area contributed by atoms with Crippen LogP contribution < -0.4 is 11.1 Å². The van der Waals surface area contributed by atoms with Crippen LogP contribution in [0.4, 0.5) is 0 Å². The van der Waals surface area contributed by atoms with Gasteiger partial charge in [-0.2, -0.15) is 0 Å². The topological polar surface area (TPSA) is 55.1 Å². The Balaban J connectivity index is 2.41. The summed E-state index contributed by atoms with van der Waals surface area (Å²) in [6, 6.07) is 9.38. The van der Waals surface area contributed by atoms with Gasteiger partial charge in [-0.3, -0.25) is 4.79 Å². The van der Waals surface area contributed by atoms with Gasteiger partial charge in [0.1, 0.15) is 0 Å². The van der Waals surface area contributed by atoms with Gasteiger partial charge in [0.2, 0.25) is 5.91 Å². The highest BCUT2D eigenvalue weighted by Crippen LogP contribution is 2.24. The van der Waals surface area contributed by atoms with Crippen LogP contribution in [0.25, 0.3) is 0 Å². The van der Waals surface area contributed by atoms with Crippen LogP contribution in [-0.2, 0) is 11.2 Å². The van der Waals surface area contributed by atoms with Crippen LogP contribution in [0.2, 0.25) is 0 Å². The Morgan fingerprint density at radius 2 is 1.84 bits per heavy atom. The molecule has 0 saturated heterocycles. The zero-order valence-electron chi connectivity index (χ0n) is 12.4. The number of carbonyl (C=O) groups excluding carboxylic acids is 1. The van der Waals surface area contributed by atoms with Crippen LogP contribution in [0.5, 0.6) is 0 Å². The fourth-order valence-electron chi connectivity index (χ4n) is 1.65. The molecule has 0 aliphatic rings. The Labute approximate surface area is 116 Å². The average molecular weight is 262 g/mol. The molecular formula is C16H26N2O. The summed E-state index contributed by atoms with van der Waals surface area (Å²) in [7, 11) is 0. The molecule has 0 spiro atoms. The SMILES string of the molecule is CC(CNC(=O)[C@@H](N)Cc1ccccc1)C(C)(C)C. The van der Waals surface area contributed by atoms with Crippen molar-refractivity contribution in [3.63, 3.8) is 0 Å². The zero-order valence-corrected chi connectivity index (χ0v) is 12.4. The molecule has 0 aliphatic carbocycles. The maximum absolute atomic E-state index is 11.9. The first-order valence-electron chi connectivity index (χ1n) is 6.88. The Morgan fingerprint density at radius 3 is 2.37 bits per heavy atom. The van der Waals surface area contributed by atoms with Crippen molar-refractivity contribution in [2.24, 2.45) is 17.1 Å². The molecule has 106 valence electrons. The van der Waals surface area contributed by atoms with Crippen LogP contribution in [-0.4, -0.2) is 18.5 Å². The number of rotatable bonds is 5. The number of carbonyl (C=O) groups is 1. The molecule has 3 N–H and O–H groups in total. The maximum atomic E-state index is 11.9. The minimum Gasteiger partial charge on any atom is -0.354 e. The lowest BCUT2D eigenvalue weighted by molar-refractivity contribution is -0.122. The van der Waals surface area contributed by atoms with Gasteiger partial charge < -0.3 is 11.1 Å². The second-order valence-electron chi connectivity index (χ2n) is 6.31. The molecule has 0 bridgehead atoms. The molecule has 19 heavy (non-hydrogen) atoms. The van der Waals surface area contributed by atoms with Gasteiger partial charge in [-0.25, -0.2) is 0 Å². The van der Waals surface area contributed by atoms with Crippen molar-refractivity contribution in [2.75, 3.05) is 6.54 Å². The van der Waals surface area contributed by atoms with Crippen LogP contribution >= 0.6 is 0 Å². The minimum absolute atomic E-state index is 0.0695. The van der Waals surface area contributed by atoms with Gasteiger partial charge in [0.25, 0.3) is 0 Å². The van der Waals surface area contributed by atoms with Gasteiger partial charge in [-0.05, 0) is 23.3 Å². The summed E-state index contributed by atoms with van der Waals surface area (Å²) < 4.78 is 0. The van der Waals surface area contributed by atoms with Crippen molar-refractivity contribution in [1.29, 1.82) is 0 Å². The Hall–Kier alpha value is -1.35. The molecule has 0 aromatic heterocycles. The molecule has 1 unspecified atom stereocenters. The smallest absolute Gasteiger partial charge is 0.237 e. The predicted molar refractivity (Wildman–Crippen MR) is 79.8 cm³/mol. The molecule has 1 aromatic rings. The molecule has 0 aliphatic heterocycles. The lowest BCUT2D eigenvalue weighted by Crippen LogP contribution is -2.44. The fourth-order valence-corrected chi connectivity index (χ4v) is 1.65. The molecule has 0 fully saturated rings. The third-order valence-electron chi connectivity index (χ3n) is 3.70. The summed E-state index contributed by atoms with van der Waals surface area (Å²) in [6.45, 7) is 9.34. The first kappa shape index (κ1) is 15.7. The summed E-state index contributed by atoms with van der Waals surface area (Å²) >= 11 is 0. The van der Waals surface area contributed by atoms with E-state index in [1.54, 1.807) is 0 Å². The van der Waals surface area contributed by atoms with Gasteiger partial charge in [0.05, 0.1) is 6.04 Å². The number of hydrogen-bond acceptors (Lipinski definition) is 2. The van der Waals surface area contributed by atoms with Crippen LogP contribution in [0.3, 0.4) is 0 Å². The number of nitrogens with one attached hydrogen (secondary N) is 1. The fraction of sp³-hybridized carbons (Fsp3) is 0.562. The van der Waals surface area contributed by atoms with Crippen LogP contribution in [0.1, 0.15) is 33.3 Å². The molecule has 2 atom stereocenters. The number of nitrogens with two attached hydrogens (primary N) is 1. The van der Waals surface area contributed by atoms with Crippen molar-refractivity contribution in [3.8, 4) is 0 Å². The van der Waals surface area contributed by atoms with Crippen LogP contribution in [0, 0.1) is 11.3 Å². The first-order valence-corrected chi connectivity index (χ1v) is 6.88. The third-order valence-corrected chi connectivity index (χ3v) is 3.70. The van der Waals surface area contributed by atoms with E-state index in [0.717, 1.165) is 5.56 Å². The highest BCUT2D eigenvalue weighted by Gasteiger charge is 2.21. The quantitative estimate of drug-likeness (QED) is 0.856. The van der Waals surface area contributed by atoms with Gasteiger partial charge in [0, 0.05) is 6.54 Å². The number of benzene rings is 1. The molecule has 0 saturated carbocycles. The summed E-state index contributed by atoms with van der Waals surface area (Å²) in [5, 5.41) is 2.95. The summed E-state index contributed by atoms with van der Waals surface area (Å²) in [5.41, 5.74) is 7.22. The van der Waals surface area contributed by atoms with Crippen molar-refractivity contribution in [2.45, 2.75) is 40.2 Å². The molecular weight excluding hydrogens is 236 g/mol. The molecule has 1 amide bonds. The van der Waals surface area contributed by atoms with Gasteiger partial charge >= 0.3 is 0 Å². The predicted octanol–water partition coefficient (Wildman–Crippen LogP) is 2.35. The van der Waals surface area contributed by atoms with Crippen LogP contribution in [0.15, 0.2) is 30.3 Å². The standard InChI is InChI=1S/C16H26N2O/c1-12(16(2,3)4)11-18-15(19)14(17)10-13-8-6-5-7-9-13/h5-9,12,14H,10-11,17H2,1-4H3,(H,18,19)/t12?,14-/m0/s1. The van der Waals surface area contributed by atoms with E-state index in [0.29, 0.717) is 18.9 Å². The van der Waals surface area contributed by atoms with E-state index in [-0.39, 0.29) is 11.3 Å². The van der Waals surface area contributed by atoms with Crippen molar-refractivity contribution < 1.29 is 4.79 Å². The highest BCUT2D eigenvalue weighted by molar-refractivity contribution is 5.81. The van der Waals surface area contributed by atoms with E-state index in [1.165, 1.54) is 0 Å². The van der Waals surface area contributed by atoms with Crippen molar-refractivity contribution in [3.05, 3.63) is 35.9 Å². The lowest BCUT2D eigenvalue weighted by Gasteiger charge is -2.27. The normalized spacial score (nSPS) is 14.8. The van der Waals surface area contributed by atoms with E-state index in [9.17, 15) is 4.79 Å². The van der Waals surface area contributed by atoms with E-state index in [2.05, 4.69) is 33.0 Å². The number of hydrogen-bond donors (Lipinski definition) is 2. The molecule has 0 heterocycles. The Morgan fingerprint density at radius 1 is 1.26 bits per heavy atom. The van der Waals surface area contributed by atoms with Gasteiger partial charge in [0.15, 0.2) is 0 Å². The summed E-state index contributed by atoms with van der Waals surface area (Å²) in [6.07, 6.45) is 0.580. The van der Waals surface area contributed by atoms with E-state index in [4.69, 9.17) is 5.73 Å². The number of amides is 1. The summed E-state index contributed by atoms with van der Waals surface area (Å²) in [5.74, 6) is 0.348. The second kappa shape index (κ2) is 6.71. The lowest BCUT2D eigenvalue weighted by atomic mass is 9.82. The average Bonchev–Trinajstić information content (AvgIpc) is 2.35. The monoisotopic (exact) mass is 262 g/mol. The molecule has 1 rings (SSSR count). The van der Waals surface area contributed by atoms with Crippen molar-refractivity contribution in [1.82, 2.24) is 5.32 Å². The van der Waals surface area contributed by atoms with Gasteiger partial charge in [-0.1, -0.05) is 58.0 Å². The molecule has 3 nitrogen and oxygen atoms in total. The first-order chi connectivity index (χ1) is 8.80. The van der Waals surface area contributed by atoms with Gasteiger partial charge in [-0.15, -0.1) is 0 Å². The van der Waals surface area contributed by atoms with Crippen molar-refractivity contribution >= 4 is 5.91 Å². The third kappa shape index (κ3) is 5.43. The molecule has 0 radical (unpaired) electrons. The van der Waals surface area contributed by atoms with E-state index < -0.39 is 6.04 Å². The Bertz CT molecular complexity index is 395. The largest absolute Gasteiger partial charge is 0.354 e. The van der Waals surface area contributed by atoms with E-state index in [1.807, 2.05) is 30.3 Å². The maximum Gasteiger partial charge on any atom is 0.237 e. The highest BCUT2D eigenvalue weighted by atomic mass is 16.2. The summed E-state index contributed by atoms with van der Waals surface area (Å²) in [4.78, 5) is 11.9. The Kier molecular flexibility index (Phi) is 5.55. The zero-order chi connectivity index (χ0) is 14.5. The molecule has 3 heteroatoms.